The Labute approximate surface area is 61.5 Å². The third-order valence-electron chi connectivity index (χ3n) is 1.26. The van der Waals surface area contributed by atoms with Gasteiger partial charge < -0.3 is 0 Å². The van der Waals surface area contributed by atoms with Gasteiger partial charge in [-0.05, 0) is 5.56 Å². The van der Waals surface area contributed by atoms with Crippen LogP contribution in [0.15, 0.2) is 42.6 Å². The highest BCUT2D eigenvalue weighted by molar-refractivity contribution is 5.15. The first-order valence-electron chi connectivity index (χ1n) is 3.22. The second-order valence-corrected chi connectivity index (χ2v) is 2.02. The maximum Gasteiger partial charge on any atom is 0.00895 e. The Hall–Kier alpha value is -1.26. The van der Waals surface area contributed by atoms with Crippen molar-refractivity contribution in [3.8, 4) is 0 Å². The Kier molecular flexibility index (Phi) is 2.54. The van der Waals surface area contributed by atoms with Gasteiger partial charge in [-0.15, -0.1) is 5.73 Å². The molecular weight excluding hydrogens is 120 g/mol. The van der Waals surface area contributed by atoms with Crippen LogP contribution < -0.4 is 0 Å². The van der Waals surface area contributed by atoms with Gasteiger partial charge in [0.25, 0.3) is 0 Å². The van der Waals surface area contributed by atoms with Crippen LogP contribution in [0.1, 0.15) is 5.56 Å². The monoisotopic (exact) mass is 129 g/mol. The highest BCUT2D eigenvalue weighted by Gasteiger charge is 1.83. The van der Waals surface area contributed by atoms with Gasteiger partial charge in [0, 0.05) is 12.5 Å². The van der Waals surface area contributed by atoms with Gasteiger partial charge in [0.1, 0.15) is 0 Å². The van der Waals surface area contributed by atoms with Crippen molar-refractivity contribution >= 4 is 0 Å². The Morgan fingerprint density at radius 3 is 2.50 bits per heavy atom. The van der Waals surface area contributed by atoms with E-state index in [9.17, 15) is 0 Å². The van der Waals surface area contributed by atoms with E-state index in [0.29, 0.717) is 0 Å². The Morgan fingerprint density at radius 1 is 1.20 bits per heavy atom. The second kappa shape index (κ2) is 3.71. The summed E-state index contributed by atoms with van der Waals surface area (Å²) in [6.07, 6.45) is 3.71. The zero-order chi connectivity index (χ0) is 7.23. The van der Waals surface area contributed by atoms with E-state index in [2.05, 4.69) is 30.5 Å². The molecular formula is C10H9. The van der Waals surface area contributed by atoms with Crippen molar-refractivity contribution in [3.05, 3.63) is 54.3 Å². The summed E-state index contributed by atoms with van der Waals surface area (Å²) in [7, 11) is 0. The summed E-state index contributed by atoms with van der Waals surface area (Å²) in [4.78, 5) is 0. The predicted octanol–water partition coefficient (Wildman–Crippen LogP) is 2.37. The van der Waals surface area contributed by atoms with Gasteiger partial charge in [-0.2, -0.15) is 0 Å². The summed E-state index contributed by atoms with van der Waals surface area (Å²) >= 11 is 0. The standard InChI is InChI=1S/C10H9/c1-2-3-7-10-8-5-4-6-9-10/h4-6,8-9H,1,7H2. The van der Waals surface area contributed by atoms with Crippen molar-refractivity contribution in [3.63, 3.8) is 0 Å². The smallest absolute Gasteiger partial charge is 0.00895 e. The van der Waals surface area contributed by atoms with Crippen LogP contribution >= 0.6 is 0 Å². The molecule has 0 nitrogen and oxygen atoms in total. The van der Waals surface area contributed by atoms with E-state index in [-0.39, 0.29) is 0 Å². The topological polar surface area (TPSA) is 0 Å². The van der Waals surface area contributed by atoms with Crippen molar-refractivity contribution in [2.24, 2.45) is 0 Å². The zero-order valence-electron chi connectivity index (χ0n) is 5.80. The molecule has 1 aromatic rings. The van der Waals surface area contributed by atoms with Crippen LogP contribution in [-0.2, 0) is 6.42 Å². The first-order valence-corrected chi connectivity index (χ1v) is 3.22. The third kappa shape index (κ3) is 1.93. The molecule has 10 heavy (non-hydrogen) atoms. The molecule has 0 N–H and O–H groups in total. The van der Waals surface area contributed by atoms with Crippen molar-refractivity contribution in [1.82, 2.24) is 0 Å². The number of benzene rings is 1. The number of allylic oxidation sites excluding steroid dienone is 1. The zero-order valence-corrected chi connectivity index (χ0v) is 5.80. The van der Waals surface area contributed by atoms with E-state index in [1.54, 1.807) is 0 Å². The van der Waals surface area contributed by atoms with Gasteiger partial charge in [-0.3, -0.25) is 0 Å². The minimum atomic E-state index is 0.810. The van der Waals surface area contributed by atoms with Crippen LogP contribution in [0.3, 0.4) is 0 Å². The van der Waals surface area contributed by atoms with Gasteiger partial charge in [0.2, 0.25) is 0 Å². The predicted molar refractivity (Wildman–Crippen MR) is 42.5 cm³/mol. The molecule has 0 spiro atoms. The van der Waals surface area contributed by atoms with Crippen LogP contribution in [0.2, 0.25) is 0 Å². The number of hydrogen-bond acceptors (Lipinski definition) is 0. The lowest BCUT2D eigenvalue weighted by molar-refractivity contribution is 1.24. The van der Waals surface area contributed by atoms with Crippen LogP contribution in [0.4, 0.5) is 0 Å². The van der Waals surface area contributed by atoms with Crippen LogP contribution in [0.5, 0.6) is 0 Å². The van der Waals surface area contributed by atoms with E-state index in [1.165, 1.54) is 5.56 Å². The normalized spacial score (nSPS) is 8.40. The molecule has 0 aliphatic heterocycles. The van der Waals surface area contributed by atoms with Gasteiger partial charge in [0.05, 0.1) is 0 Å². The highest BCUT2D eigenvalue weighted by atomic mass is 13.9. The summed E-state index contributed by atoms with van der Waals surface area (Å²) in [5.74, 6) is 0. The average molecular weight is 129 g/mol. The first kappa shape index (κ1) is 6.85. The molecule has 0 fully saturated rings. The Bertz CT molecular complexity index is 227. The van der Waals surface area contributed by atoms with Crippen LogP contribution in [0.25, 0.3) is 0 Å². The fourth-order valence-electron chi connectivity index (χ4n) is 0.760. The molecule has 0 heteroatoms. The molecule has 0 heterocycles. The summed E-state index contributed by atoms with van der Waals surface area (Å²) in [6, 6.07) is 10.1. The molecule has 0 amide bonds. The lowest BCUT2D eigenvalue weighted by atomic mass is 10.1. The van der Waals surface area contributed by atoms with Gasteiger partial charge in [-0.25, -0.2) is 0 Å². The van der Waals surface area contributed by atoms with Crippen molar-refractivity contribution in [2.75, 3.05) is 0 Å². The van der Waals surface area contributed by atoms with E-state index >= 15 is 0 Å². The molecule has 1 radical (unpaired) electrons. The van der Waals surface area contributed by atoms with Crippen molar-refractivity contribution in [2.45, 2.75) is 6.42 Å². The van der Waals surface area contributed by atoms with E-state index in [0.717, 1.165) is 6.42 Å². The third-order valence-corrected chi connectivity index (χ3v) is 1.26. The Morgan fingerprint density at radius 2 is 1.90 bits per heavy atom. The van der Waals surface area contributed by atoms with Crippen LogP contribution in [-0.4, -0.2) is 0 Å². The molecule has 0 aliphatic carbocycles. The van der Waals surface area contributed by atoms with E-state index < -0.39 is 0 Å². The second-order valence-electron chi connectivity index (χ2n) is 2.02. The summed E-state index contributed by atoms with van der Waals surface area (Å²) in [5, 5.41) is 0. The van der Waals surface area contributed by atoms with Gasteiger partial charge >= 0.3 is 0 Å². The quantitative estimate of drug-likeness (QED) is 0.538. The molecule has 0 aliphatic rings. The Balaban J connectivity index is 2.67. The largest absolute Gasteiger partial charge is 0.124 e. The summed E-state index contributed by atoms with van der Waals surface area (Å²) < 4.78 is 0. The SMILES string of the molecule is C=C=[C]Cc1ccccc1. The molecule has 0 unspecified atom stereocenters. The minimum Gasteiger partial charge on any atom is -0.124 e. The molecule has 0 atom stereocenters. The summed E-state index contributed by atoms with van der Waals surface area (Å²) in [5.41, 5.74) is 3.86. The average Bonchev–Trinajstić information content (AvgIpc) is 2.03. The maximum atomic E-state index is 3.44. The molecule has 1 rings (SSSR count). The fraction of sp³-hybridized carbons (Fsp3) is 0.100. The molecule has 1 aromatic carbocycles. The highest BCUT2D eigenvalue weighted by Crippen LogP contribution is 1.98. The van der Waals surface area contributed by atoms with Gasteiger partial charge in [0.15, 0.2) is 0 Å². The minimum absolute atomic E-state index is 0.810. The molecule has 0 saturated heterocycles. The number of hydrogen-bond donors (Lipinski definition) is 0. The first-order chi connectivity index (χ1) is 4.93. The lowest BCUT2D eigenvalue weighted by Gasteiger charge is -1.90. The van der Waals surface area contributed by atoms with E-state index in [4.69, 9.17) is 0 Å². The molecule has 0 aromatic heterocycles. The van der Waals surface area contributed by atoms with Crippen molar-refractivity contribution < 1.29 is 0 Å². The molecule has 0 bridgehead atoms. The lowest BCUT2D eigenvalue weighted by Crippen LogP contribution is -1.76. The fourth-order valence-corrected chi connectivity index (χ4v) is 0.760. The van der Waals surface area contributed by atoms with Crippen LogP contribution in [0, 0.1) is 6.08 Å². The van der Waals surface area contributed by atoms with Gasteiger partial charge in [-0.1, -0.05) is 36.9 Å². The summed E-state index contributed by atoms with van der Waals surface area (Å²) in [6.45, 7) is 3.44. The molecule has 49 valence electrons. The maximum absolute atomic E-state index is 3.44. The van der Waals surface area contributed by atoms with Crippen molar-refractivity contribution in [1.29, 1.82) is 0 Å². The molecule has 0 saturated carbocycles. The number of rotatable bonds is 2. The van der Waals surface area contributed by atoms with E-state index in [1.807, 2.05) is 18.2 Å².